The topological polar surface area (TPSA) is 108 Å². The molecule has 2 heterocycles. The van der Waals surface area contributed by atoms with Gasteiger partial charge in [0.05, 0.1) is 23.5 Å². The van der Waals surface area contributed by atoms with Gasteiger partial charge in [0.15, 0.2) is 5.82 Å². The number of benzene rings is 1. The van der Waals surface area contributed by atoms with E-state index in [2.05, 4.69) is 38.4 Å². The van der Waals surface area contributed by atoms with Gasteiger partial charge in [-0.3, -0.25) is 9.48 Å². The monoisotopic (exact) mass is 500 g/mol. The van der Waals surface area contributed by atoms with Crippen LogP contribution in [0.5, 0.6) is 5.75 Å². The molecule has 8 nitrogen and oxygen atoms in total. The molecule has 2 aliphatic rings. The van der Waals surface area contributed by atoms with Crippen LogP contribution in [0, 0.1) is 23.2 Å². The van der Waals surface area contributed by atoms with Gasteiger partial charge in [-0.2, -0.15) is 10.4 Å². The van der Waals surface area contributed by atoms with Crippen LogP contribution in [0.3, 0.4) is 0 Å². The summed E-state index contributed by atoms with van der Waals surface area (Å²) in [5.41, 5.74) is 0.694. The maximum atomic E-state index is 12.7. The van der Waals surface area contributed by atoms with Gasteiger partial charge in [0.1, 0.15) is 11.1 Å². The number of aromatic amines is 1. The number of pyridine rings is 1. The number of ether oxygens (including phenoxy) is 1. The molecule has 2 aliphatic carbocycles. The first-order chi connectivity index (χ1) is 17.2. The normalized spacial score (nSPS) is 23.2. The van der Waals surface area contributed by atoms with E-state index in [0.717, 1.165) is 18.8 Å². The summed E-state index contributed by atoms with van der Waals surface area (Å²) in [6.45, 7) is 2.21. The Morgan fingerprint density at radius 2 is 1.94 bits per heavy atom. The van der Waals surface area contributed by atoms with Gasteiger partial charge >= 0.3 is 6.36 Å². The summed E-state index contributed by atoms with van der Waals surface area (Å²) in [5.74, 6) is 0.375. The molecule has 190 valence electrons. The summed E-state index contributed by atoms with van der Waals surface area (Å²) in [7, 11) is 0. The van der Waals surface area contributed by atoms with Gasteiger partial charge in [-0.05, 0) is 75.3 Å². The Labute approximate surface area is 205 Å². The highest BCUT2D eigenvalue weighted by Gasteiger charge is 2.36. The number of aromatic nitrogens is 3. The fourth-order valence-corrected chi connectivity index (χ4v) is 5.16. The number of rotatable bonds is 7. The lowest BCUT2D eigenvalue weighted by Gasteiger charge is -2.35. The Morgan fingerprint density at radius 1 is 1.19 bits per heavy atom. The van der Waals surface area contributed by atoms with Crippen molar-refractivity contribution in [1.82, 2.24) is 20.1 Å². The summed E-state index contributed by atoms with van der Waals surface area (Å²) >= 11 is 0. The van der Waals surface area contributed by atoms with Crippen molar-refractivity contribution >= 4 is 22.4 Å². The van der Waals surface area contributed by atoms with Crippen molar-refractivity contribution in [2.75, 3.05) is 5.32 Å². The van der Waals surface area contributed by atoms with Gasteiger partial charge in [0.25, 0.3) is 5.56 Å². The molecular weight excluding hydrogens is 473 g/mol. The second-order valence-corrected chi connectivity index (χ2v) is 9.66. The second kappa shape index (κ2) is 9.50. The molecule has 3 N–H and O–H groups in total. The molecule has 4 atom stereocenters. The largest absolute Gasteiger partial charge is 0.573 e. The van der Waals surface area contributed by atoms with Crippen LogP contribution in [0.1, 0.15) is 45.1 Å². The van der Waals surface area contributed by atoms with Crippen LogP contribution in [-0.2, 0) is 0 Å². The first kappa shape index (κ1) is 24.2. The molecule has 0 aliphatic heterocycles. The molecule has 2 aromatic heterocycles. The fourth-order valence-electron chi connectivity index (χ4n) is 5.16. The van der Waals surface area contributed by atoms with Gasteiger partial charge < -0.3 is 20.4 Å². The minimum Gasteiger partial charge on any atom is -0.406 e. The molecule has 0 saturated heterocycles. The molecule has 2 saturated carbocycles. The standard InChI is InChI=1S/C25H27F3N6O2/c1-14(15-2-3-15)31-18-6-9-20(16(12-18)13-29)34-21-10-11-30-24(35)22(21)23(33-34)32-17-4-7-19(8-5-17)36-25(26,27)28/h4-5,7-8,10-11,14-16,18,20,31H,2-3,6,9,12H2,1H3,(H,30,35)(H,32,33)/t14-,16+,18+,20-/m0/s1. The van der Waals surface area contributed by atoms with Gasteiger partial charge in [-0.25, -0.2) is 0 Å². The molecular formula is C25H27F3N6O2. The van der Waals surface area contributed by atoms with E-state index in [9.17, 15) is 23.2 Å². The molecule has 0 bridgehead atoms. The number of fused-ring (bicyclic) bond motifs is 1. The van der Waals surface area contributed by atoms with E-state index in [-0.39, 0.29) is 35.1 Å². The van der Waals surface area contributed by atoms with Crippen molar-refractivity contribution < 1.29 is 17.9 Å². The molecule has 5 rings (SSSR count). The first-order valence-corrected chi connectivity index (χ1v) is 12.1. The van der Waals surface area contributed by atoms with Crippen molar-refractivity contribution in [1.29, 1.82) is 5.26 Å². The minimum atomic E-state index is -4.78. The van der Waals surface area contributed by atoms with E-state index < -0.39 is 6.36 Å². The highest BCUT2D eigenvalue weighted by molar-refractivity contribution is 5.91. The molecule has 0 amide bonds. The Bertz CT molecular complexity index is 1320. The number of hydrogen-bond acceptors (Lipinski definition) is 6. The van der Waals surface area contributed by atoms with Gasteiger partial charge in [-0.1, -0.05) is 0 Å². The maximum absolute atomic E-state index is 12.7. The predicted molar refractivity (Wildman–Crippen MR) is 128 cm³/mol. The Morgan fingerprint density at radius 3 is 2.61 bits per heavy atom. The smallest absolute Gasteiger partial charge is 0.406 e. The number of anilines is 2. The Kier molecular flexibility index (Phi) is 6.38. The lowest BCUT2D eigenvalue weighted by atomic mass is 9.82. The highest BCUT2D eigenvalue weighted by atomic mass is 19.4. The van der Waals surface area contributed by atoms with E-state index >= 15 is 0 Å². The molecule has 0 spiro atoms. The van der Waals surface area contributed by atoms with Gasteiger partial charge in [0.2, 0.25) is 0 Å². The SMILES string of the molecule is C[C@H](N[C@@H]1CC[C@H](n2nc(Nc3ccc(OC(F)(F)F)cc3)c3c(=O)[nH]ccc32)[C@@H](C#N)C1)C1CC1. The van der Waals surface area contributed by atoms with E-state index in [1.165, 1.54) is 37.1 Å². The summed E-state index contributed by atoms with van der Waals surface area (Å²) in [6, 6.07) is 9.91. The third kappa shape index (κ3) is 5.18. The Hall–Kier alpha value is -3.52. The van der Waals surface area contributed by atoms with Crippen LogP contribution in [0.25, 0.3) is 10.9 Å². The van der Waals surface area contributed by atoms with Crippen molar-refractivity contribution in [2.24, 2.45) is 11.8 Å². The van der Waals surface area contributed by atoms with E-state index in [1.54, 1.807) is 16.9 Å². The third-order valence-corrected chi connectivity index (χ3v) is 7.10. The zero-order valence-corrected chi connectivity index (χ0v) is 19.7. The quantitative estimate of drug-likeness (QED) is 0.422. The Balaban J connectivity index is 1.40. The third-order valence-electron chi connectivity index (χ3n) is 7.10. The predicted octanol–water partition coefficient (Wildman–Crippen LogP) is 4.99. The van der Waals surface area contributed by atoms with Crippen LogP contribution < -0.4 is 20.9 Å². The first-order valence-electron chi connectivity index (χ1n) is 12.1. The lowest BCUT2D eigenvalue weighted by molar-refractivity contribution is -0.274. The number of halogens is 3. The molecule has 11 heteroatoms. The maximum Gasteiger partial charge on any atom is 0.573 e. The van der Waals surface area contributed by atoms with Crippen molar-refractivity contribution in [2.45, 2.75) is 63.5 Å². The number of alkyl halides is 3. The highest BCUT2D eigenvalue weighted by Crippen LogP contribution is 2.38. The number of nitriles is 1. The van der Waals surface area contributed by atoms with E-state index in [0.29, 0.717) is 29.1 Å². The molecule has 0 radical (unpaired) electrons. The van der Waals surface area contributed by atoms with Crippen molar-refractivity contribution in [3.63, 3.8) is 0 Å². The zero-order chi connectivity index (χ0) is 25.4. The van der Waals surface area contributed by atoms with Crippen LogP contribution in [0.4, 0.5) is 24.7 Å². The summed E-state index contributed by atoms with van der Waals surface area (Å²) in [4.78, 5) is 15.4. The van der Waals surface area contributed by atoms with Crippen molar-refractivity contribution in [3.8, 4) is 11.8 Å². The van der Waals surface area contributed by atoms with Gasteiger partial charge in [-0.15, -0.1) is 13.2 Å². The number of hydrogen-bond donors (Lipinski definition) is 3. The molecule has 3 aromatic rings. The average Bonchev–Trinajstić information content (AvgIpc) is 3.62. The van der Waals surface area contributed by atoms with E-state index in [1.807, 2.05) is 0 Å². The van der Waals surface area contributed by atoms with Gasteiger partial charge in [0, 0.05) is 24.0 Å². The molecule has 2 fully saturated rings. The molecule has 0 unspecified atom stereocenters. The average molecular weight is 501 g/mol. The number of nitrogens with zero attached hydrogens (tertiary/aromatic N) is 3. The van der Waals surface area contributed by atoms with E-state index in [4.69, 9.17) is 0 Å². The van der Waals surface area contributed by atoms with Crippen molar-refractivity contribution in [3.05, 3.63) is 46.9 Å². The summed E-state index contributed by atoms with van der Waals surface area (Å²) in [5, 5.41) is 21.7. The minimum absolute atomic E-state index is 0.202. The van der Waals surface area contributed by atoms with Crippen LogP contribution in [0.2, 0.25) is 0 Å². The number of nitrogens with one attached hydrogen (secondary N) is 3. The summed E-state index contributed by atoms with van der Waals surface area (Å²) in [6.07, 6.45) is 1.61. The zero-order valence-electron chi connectivity index (χ0n) is 19.7. The lowest BCUT2D eigenvalue weighted by Crippen LogP contribution is -2.43. The molecule has 1 aromatic carbocycles. The van der Waals surface area contributed by atoms with Crippen LogP contribution >= 0.6 is 0 Å². The summed E-state index contributed by atoms with van der Waals surface area (Å²) < 4.78 is 43.0. The fraction of sp³-hybridized carbons (Fsp3) is 0.480. The number of H-pyrrole nitrogens is 1. The van der Waals surface area contributed by atoms with Crippen LogP contribution in [0.15, 0.2) is 41.3 Å². The molecule has 36 heavy (non-hydrogen) atoms. The second-order valence-electron chi connectivity index (χ2n) is 9.66. The van der Waals surface area contributed by atoms with Crippen LogP contribution in [-0.4, -0.2) is 33.2 Å².